The number of sulfonamides is 1. The first-order valence-corrected chi connectivity index (χ1v) is 32.5. The SMILES string of the molecule is CCCCN1/C(=C/C=C/C=C/C2=[N+](CCCS(=O)(=O)O)c3ccc4c(S(=O)(=O)N(C)CCCC(=O)NCCC(c5ccccc5)c5ccccc5)cccc4c3C2(C)C)C(C)(C)c2c1ccc1c(S(=O)(=O)O)cc(S(=O)(=O)O)cc21. The normalized spacial score (nSPS) is 16.1. The van der Waals surface area contributed by atoms with Gasteiger partial charge >= 0.3 is 0 Å². The second kappa shape index (κ2) is 23.6. The molecule has 0 aromatic heterocycles. The number of nitrogens with one attached hydrogen (secondary N) is 1. The van der Waals surface area contributed by atoms with Gasteiger partial charge in [0.1, 0.15) is 11.4 Å². The number of hydrogen-bond donors (Lipinski definition) is 4. The number of carbonyl (C=O) groups is 1. The van der Waals surface area contributed by atoms with Gasteiger partial charge in [0.15, 0.2) is 5.71 Å². The summed E-state index contributed by atoms with van der Waals surface area (Å²) < 4.78 is 136. The molecule has 0 atom stereocenters. The maximum absolute atomic E-state index is 14.4. The van der Waals surface area contributed by atoms with Crippen LogP contribution in [0.25, 0.3) is 21.5 Å². The Hall–Kier alpha value is -6.36. The fourth-order valence-electron chi connectivity index (χ4n) is 11.5. The van der Waals surface area contributed by atoms with Gasteiger partial charge in [-0.3, -0.25) is 18.5 Å². The molecule has 20 heteroatoms. The van der Waals surface area contributed by atoms with Crippen LogP contribution in [0.4, 0.5) is 11.4 Å². The van der Waals surface area contributed by atoms with Crippen molar-refractivity contribution in [3.63, 3.8) is 0 Å². The number of allylic oxidation sites excluding steroid dienone is 6. The van der Waals surface area contributed by atoms with Crippen LogP contribution < -0.4 is 10.2 Å². The van der Waals surface area contributed by atoms with Gasteiger partial charge in [0.25, 0.3) is 30.4 Å². The van der Waals surface area contributed by atoms with Crippen molar-refractivity contribution in [2.45, 2.75) is 105 Å². The lowest BCUT2D eigenvalue weighted by Crippen LogP contribution is -2.30. The molecule has 0 saturated carbocycles. The molecule has 80 heavy (non-hydrogen) atoms. The number of anilines is 1. The summed E-state index contributed by atoms with van der Waals surface area (Å²) in [5.74, 6) is -0.547. The van der Waals surface area contributed by atoms with Crippen molar-refractivity contribution in [1.82, 2.24) is 9.62 Å². The van der Waals surface area contributed by atoms with Gasteiger partial charge in [0.05, 0.1) is 21.0 Å². The average molecular weight is 1170 g/mol. The van der Waals surface area contributed by atoms with E-state index in [-0.39, 0.29) is 53.4 Å². The Bertz CT molecular complexity index is 3910. The average Bonchev–Trinajstić information content (AvgIpc) is 4.00. The molecule has 0 unspecified atom stereocenters. The van der Waals surface area contributed by atoms with E-state index in [0.29, 0.717) is 48.0 Å². The van der Waals surface area contributed by atoms with Crippen LogP contribution in [-0.4, -0.2) is 107 Å². The third-order valence-electron chi connectivity index (χ3n) is 15.3. The molecular formula is C60H69N4O12S4+. The molecule has 4 N–H and O–H groups in total. The van der Waals surface area contributed by atoms with Crippen LogP contribution >= 0.6 is 0 Å². The lowest BCUT2D eigenvalue weighted by Gasteiger charge is -2.27. The highest BCUT2D eigenvalue weighted by Gasteiger charge is 2.46. The van der Waals surface area contributed by atoms with E-state index in [1.807, 2.05) is 118 Å². The van der Waals surface area contributed by atoms with Gasteiger partial charge in [0, 0.05) is 90.7 Å². The standard InChI is InChI=1S/C60H68N4O12S4/c1-7-8-37-63-51-33-31-47-49(40-44(79(71,72)73)41-53(47)80(74,75)76)58(51)60(4,5)55(63)28-17-11-16-27-54-59(2,3)57-48-25-18-26-52(46(48)30-32-50(57)64(54)38-20-39-77(66,67)68)78(69,70)62(6)36-19-29-56(65)61-35-34-45(42-21-12-9-13-22-42)43-23-14-10-15-24-43/h9-18,21-28,30-33,40-41,45H,7-8,19-20,29,34-39H2,1-6H3,(H3-,61,65,66,67,68,71,72,73,74,75,76)/p+1. The Morgan fingerprint density at radius 3 is 1.96 bits per heavy atom. The molecule has 6 aromatic rings. The van der Waals surface area contributed by atoms with Crippen LogP contribution in [0.1, 0.15) is 101 Å². The van der Waals surface area contributed by atoms with Crippen LogP contribution in [0.5, 0.6) is 0 Å². The van der Waals surface area contributed by atoms with Crippen LogP contribution in [0, 0.1) is 0 Å². The summed E-state index contributed by atoms with van der Waals surface area (Å²) in [6, 6.07) is 34.3. The number of nitrogens with zero attached hydrogens (tertiary/aromatic N) is 3. The van der Waals surface area contributed by atoms with E-state index in [2.05, 4.69) is 34.5 Å². The Labute approximate surface area is 470 Å². The topological polar surface area (TPSA) is 236 Å². The Morgan fingerprint density at radius 2 is 1.34 bits per heavy atom. The zero-order valence-electron chi connectivity index (χ0n) is 45.7. The van der Waals surface area contributed by atoms with E-state index in [1.54, 1.807) is 24.3 Å². The van der Waals surface area contributed by atoms with Crippen molar-refractivity contribution in [1.29, 1.82) is 0 Å². The van der Waals surface area contributed by atoms with E-state index < -0.39 is 66.8 Å². The highest BCUT2D eigenvalue weighted by molar-refractivity contribution is 7.89. The van der Waals surface area contributed by atoms with Gasteiger partial charge in [-0.25, -0.2) is 12.7 Å². The predicted molar refractivity (Wildman–Crippen MR) is 314 cm³/mol. The number of benzene rings is 6. The largest absolute Gasteiger partial charge is 0.356 e. The van der Waals surface area contributed by atoms with E-state index >= 15 is 0 Å². The third-order valence-corrected chi connectivity index (χ3v) is 19.7. The minimum absolute atomic E-state index is 0.0835. The van der Waals surface area contributed by atoms with Gasteiger partial charge in [-0.05, 0) is 97.0 Å². The first-order chi connectivity index (χ1) is 37.7. The number of unbranched alkanes of at least 4 members (excludes halogenated alkanes) is 1. The number of fused-ring (bicyclic) bond motifs is 6. The maximum atomic E-state index is 14.4. The predicted octanol–water partition coefficient (Wildman–Crippen LogP) is 10.5. The second-order valence-electron chi connectivity index (χ2n) is 21.4. The van der Waals surface area contributed by atoms with Crippen molar-refractivity contribution in [3.05, 3.63) is 174 Å². The molecule has 424 valence electrons. The summed E-state index contributed by atoms with van der Waals surface area (Å²) >= 11 is 0. The van der Waals surface area contributed by atoms with Crippen molar-refractivity contribution < 1.29 is 56.7 Å². The molecule has 1 amide bonds. The number of carbonyl (C=O) groups excluding carboxylic acids is 1. The van der Waals surface area contributed by atoms with Crippen LogP contribution in [0.3, 0.4) is 0 Å². The van der Waals surface area contributed by atoms with Crippen molar-refractivity contribution >= 4 is 84.9 Å². The minimum Gasteiger partial charge on any atom is -0.356 e. The first-order valence-electron chi connectivity index (χ1n) is 26.6. The summed E-state index contributed by atoms with van der Waals surface area (Å²) in [6.07, 6.45) is 12.2. The van der Waals surface area contributed by atoms with Gasteiger partial charge in [-0.2, -0.15) is 29.8 Å². The summed E-state index contributed by atoms with van der Waals surface area (Å²) in [7, 11) is -16.7. The number of amides is 1. The van der Waals surface area contributed by atoms with Crippen molar-refractivity contribution in [2.24, 2.45) is 0 Å². The van der Waals surface area contributed by atoms with Gasteiger partial charge in [-0.15, -0.1) is 0 Å². The fourth-order valence-corrected chi connectivity index (χ4v) is 14.7. The molecule has 2 aliphatic heterocycles. The Kier molecular flexibility index (Phi) is 17.6. The maximum Gasteiger partial charge on any atom is 0.295 e. The van der Waals surface area contributed by atoms with E-state index in [0.717, 1.165) is 52.7 Å². The molecule has 2 heterocycles. The molecule has 0 radical (unpaired) electrons. The van der Waals surface area contributed by atoms with Crippen LogP contribution in [0.15, 0.2) is 166 Å². The molecule has 0 fully saturated rings. The fraction of sp³-hybridized carbons (Fsp3) is 0.333. The molecular weight excluding hydrogens is 1100 g/mol. The summed E-state index contributed by atoms with van der Waals surface area (Å²) in [6.45, 7) is 11.2. The summed E-state index contributed by atoms with van der Waals surface area (Å²) in [5, 5.41) is 4.54. The second-order valence-corrected chi connectivity index (χ2v) is 27.8. The van der Waals surface area contributed by atoms with Crippen molar-refractivity contribution in [3.8, 4) is 0 Å². The van der Waals surface area contributed by atoms with E-state index in [4.69, 9.17) is 0 Å². The van der Waals surface area contributed by atoms with E-state index in [9.17, 15) is 52.1 Å². The lowest BCUT2D eigenvalue weighted by molar-refractivity contribution is -0.437. The summed E-state index contributed by atoms with van der Waals surface area (Å²) in [5.41, 5.74) is 5.16. The molecule has 8 rings (SSSR count). The van der Waals surface area contributed by atoms with Crippen molar-refractivity contribution in [2.75, 3.05) is 43.9 Å². The van der Waals surface area contributed by atoms with Crippen LogP contribution in [-0.2, 0) is 56.0 Å². The minimum atomic E-state index is -4.92. The first kappa shape index (κ1) is 59.8. The Morgan fingerprint density at radius 1 is 0.688 bits per heavy atom. The summed E-state index contributed by atoms with van der Waals surface area (Å²) in [4.78, 5) is 14.0. The quantitative estimate of drug-likeness (QED) is 0.0266. The van der Waals surface area contributed by atoms with Gasteiger partial charge < -0.3 is 10.2 Å². The monoisotopic (exact) mass is 1170 g/mol. The molecule has 16 nitrogen and oxygen atoms in total. The number of rotatable bonds is 23. The highest BCUT2D eigenvalue weighted by Crippen LogP contribution is 2.52. The van der Waals surface area contributed by atoms with Crippen LogP contribution in [0.2, 0.25) is 0 Å². The highest BCUT2D eigenvalue weighted by atomic mass is 32.2. The molecule has 0 bridgehead atoms. The number of hydrogen-bond acceptors (Lipinski definition) is 10. The smallest absolute Gasteiger partial charge is 0.295 e. The Balaban J connectivity index is 1.04. The molecule has 0 spiro atoms. The van der Waals surface area contributed by atoms with E-state index in [1.165, 1.54) is 23.5 Å². The van der Waals surface area contributed by atoms with Gasteiger partial charge in [-0.1, -0.05) is 124 Å². The third kappa shape index (κ3) is 12.6. The molecule has 6 aromatic carbocycles. The lowest BCUT2D eigenvalue weighted by atomic mass is 9.79. The molecule has 2 aliphatic rings. The molecule has 0 saturated heterocycles. The zero-order chi connectivity index (χ0) is 58.0. The molecule has 0 aliphatic carbocycles. The van der Waals surface area contributed by atoms with Gasteiger partial charge in [0.2, 0.25) is 21.6 Å². The zero-order valence-corrected chi connectivity index (χ0v) is 49.0.